The molecule has 172 valence electrons. The predicted molar refractivity (Wildman–Crippen MR) is 132 cm³/mol. The largest absolute Gasteiger partial charge is 0.339 e. The number of benzene rings is 2. The van der Waals surface area contributed by atoms with Gasteiger partial charge in [-0.2, -0.15) is 5.10 Å². The molecule has 1 fully saturated rings. The van der Waals surface area contributed by atoms with Gasteiger partial charge in [0.25, 0.3) is 5.91 Å². The van der Waals surface area contributed by atoms with Gasteiger partial charge in [0.05, 0.1) is 27.8 Å². The molecule has 1 aliphatic rings. The van der Waals surface area contributed by atoms with Crippen molar-refractivity contribution < 1.29 is 9.59 Å². The molecule has 0 spiro atoms. The monoisotopic (exact) mass is 484 g/mol. The first kappa shape index (κ1) is 23.3. The lowest BCUT2D eigenvalue weighted by Gasteiger charge is -2.18. The van der Waals surface area contributed by atoms with Gasteiger partial charge < -0.3 is 10.2 Å². The second-order valence-corrected chi connectivity index (χ2v) is 9.18. The number of anilines is 1. The third-order valence-corrected chi connectivity index (χ3v) is 6.90. The van der Waals surface area contributed by atoms with Crippen LogP contribution in [-0.2, 0) is 11.2 Å². The molecule has 2 aromatic carbocycles. The molecule has 4 rings (SSSR count). The zero-order chi connectivity index (χ0) is 23.7. The van der Waals surface area contributed by atoms with Crippen LogP contribution in [0, 0.1) is 20.8 Å². The molecule has 33 heavy (non-hydrogen) atoms. The van der Waals surface area contributed by atoms with Crippen molar-refractivity contribution in [1.82, 2.24) is 14.7 Å². The summed E-state index contributed by atoms with van der Waals surface area (Å²) in [7, 11) is 0. The number of aryl methyl sites for hydroxylation is 1. The Morgan fingerprint density at radius 1 is 1.03 bits per heavy atom. The van der Waals surface area contributed by atoms with Crippen LogP contribution in [-0.4, -0.2) is 39.6 Å². The lowest BCUT2D eigenvalue weighted by molar-refractivity contribution is -0.115. The van der Waals surface area contributed by atoms with E-state index in [0.717, 1.165) is 54.1 Å². The third-order valence-electron chi connectivity index (χ3n) is 6.16. The highest BCUT2D eigenvalue weighted by molar-refractivity contribution is 6.42. The first-order valence-corrected chi connectivity index (χ1v) is 11.7. The number of halogens is 2. The molecule has 0 atom stereocenters. The zero-order valence-electron chi connectivity index (χ0n) is 18.9. The van der Waals surface area contributed by atoms with Gasteiger partial charge in [0.2, 0.25) is 5.91 Å². The Labute approximate surface area is 203 Å². The van der Waals surface area contributed by atoms with E-state index in [0.29, 0.717) is 21.3 Å². The van der Waals surface area contributed by atoms with E-state index in [-0.39, 0.29) is 18.2 Å². The summed E-state index contributed by atoms with van der Waals surface area (Å²) in [6.45, 7) is 7.25. The lowest BCUT2D eigenvalue weighted by Crippen LogP contribution is -2.28. The molecule has 3 aromatic rings. The van der Waals surface area contributed by atoms with E-state index in [2.05, 4.69) is 10.4 Å². The minimum absolute atomic E-state index is 0.0238. The maximum atomic E-state index is 12.9. The maximum Gasteiger partial charge on any atom is 0.254 e. The smallest absolute Gasteiger partial charge is 0.254 e. The van der Waals surface area contributed by atoms with Crippen LogP contribution in [0.15, 0.2) is 36.4 Å². The van der Waals surface area contributed by atoms with Crippen LogP contribution >= 0.6 is 23.2 Å². The van der Waals surface area contributed by atoms with Crippen LogP contribution in [0.1, 0.15) is 45.7 Å². The summed E-state index contributed by atoms with van der Waals surface area (Å²) in [6, 6.07) is 10.8. The van der Waals surface area contributed by atoms with E-state index >= 15 is 0 Å². The van der Waals surface area contributed by atoms with Crippen LogP contribution in [0.5, 0.6) is 0 Å². The minimum atomic E-state index is -0.163. The van der Waals surface area contributed by atoms with Gasteiger partial charge in [0, 0.05) is 35.6 Å². The Morgan fingerprint density at radius 3 is 2.45 bits per heavy atom. The number of nitrogens with one attached hydrogen (secondary N) is 1. The van der Waals surface area contributed by atoms with Crippen molar-refractivity contribution in [2.75, 3.05) is 18.4 Å². The van der Waals surface area contributed by atoms with E-state index in [1.807, 2.05) is 49.9 Å². The lowest BCUT2D eigenvalue weighted by atomic mass is 10.0. The van der Waals surface area contributed by atoms with Crippen LogP contribution in [0.4, 0.5) is 5.69 Å². The molecule has 0 aliphatic carbocycles. The Hall–Kier alpha value is -2.83. The average Bonchev–Trinajstić information content (AvgIpc) is 3.41. The highest BCUT2D eigenvalue weighted by Gasteiger charge is 2.22. The summed E-state index contributed by atoms with van der Waals surface area (Å²) in [5, 5.41) is 8.49. The Kier molecular flexibility index (Phi) is 6.77. The summed E-state index contributed by atoms with van der Waals surface area (Å²) in [4.78, 5) is 27.7. The fourth-order valence-electron chi connectivity index (χ4n) is 4.25. The van der Waals surface area contributed by atoms with Crippen molar-refractivity contribution in [2.45, 2.75) is 40.0 Å². The number of amides is 2. The van der Waals surface area contributed by atoms with Gasteiger partial charge in [0.15, 0.2) is 0 Å². The third kappa shape index (κ3) is 4.77. The fraction of sp³-hybridized carbons (Fsp3) is 0.320. The molecule has 2 heterocycles. The number of carbonyl (C=O) groups is 2. The van der Waals surface area contributed by atoms with Gasteiger partial charge in [-0.05, 0) is 69.5 Å². The number of nitrogens with zero attached hydrogens (tertiary/aromatic N) is 3. The van der Waals surface area contributed by atoms with Crippen molar-refractivity contribution >= 4 is 40.7 Å². The topological polar surface area (TPSA) is 67.2 Å². The van der Waals surface area contributed by atoms with E-state index in [9.17, 15) is 9.59 Å². The van der Waals surface area contributed by atoms with Crippen molar-refractivity contribution in [1.29, 1.82) is 0 Å². The minimum Gasteiger partial charge on any atom is -0.339 e. The first-order valence-electron chi connectivity index (χ1n) is 11.0. The van der Waals surface area contributed by atoms with Crippen molar-refractivity contribution in [3.05, 3.63) is 74.5 Å². The number of aromatic nitrogens is 2. The Bertz CT molecular complexity index is 1230. The van der Waals surface area contributed by atoms with Gasteiger partial charge in [-0.1, -0.05) is 29.3 Å². The molecule has 0 bridgehead atoms. The van der Waals surface area contributed by atoms with Crippen LogP contribution in [0.25, 0.3) is 5.69 Å². The van der Waals surface area contributed by atoms with Gasteiger partial charge in [-0.15, -0.1) is 0 Å². The molecule has 1 saturated heterocycles. The molecule has 0 radical (unpaired) electrons. The maximum absolute atomic E-state index is 12.9. The molecular formula is C25H26Cl2N4O2. The van der Waals surface area contributed by atoms with Crippen LogP contribution in [0.2, 0.25) is 10.0 Å². The quantitative estimate of drug-likeness (QED) is 0.518. The van der Waals surface area contributed by atoms with E-state index in [1.54, 1.807) is 16.8 Å². The highest BCUT2D eigenvalue weighted by atomic mass is 35.5. The highest BCUT2D eigenvalue weighted by Crippen LogP contribution is 2.27. The molecule has 2 amide bonds. The van der Waals surface area contributed by atoms with Crippen LogP contribution < -0.4 is 5.32 Å². The summed E-state index contributed by atoms with van der Waals surface area (Å²) < 4.78 is 1.76. The summed E-state index contributed by atoms with van der Waals surface area (Å²) in [6.07, 6.45) is 2.24. The number of hydrogen-bond acceptors (Lipinski definition) is 3. The number of hydrogen-bond donors (Lipinski definition) is 1. The van der Waals surface area contributed by atoms with Gasteiger partial charge >= 0.3 is 0 Å². The number of carbonyl (C=O) groups excluding carboxylic acids is 2. The van der Waals surface area contributed by atoms with Crippen molar-refractivity contribution in [2.24, 2.45) is 0 Å². The standard InChI is InChI=1S/C25H26Cl2N4O2/c1-15-19(25(33)30-11-4-5-12-30)7-6-8-23(15)28-24(32)14-20-16(2)29-31(17(20)3)18-9-10-21(26)22(27)13-18/h6-10,13H,4-5,11-12,14H2,1-3H3,(H,28,32). The molecule has 1 aromatic heterocycles. The molecular weight excluding hydrogens is 459 g/mol. The van der Waals surface area contributed by atoms with Crippen molar-refractivity contribution in [3.8, 4) is 5.69 Å². The molecule has 1 N–H and O–H groups in total. The molecule has 0 unspecified atom stereocenters. The van der Waals surface area contributed by atoms with Gasteiger partial charge in [-0.25, -0.2) is 4.68 Å². The molecule has 8 heteroatoms. The number of likely N-dealkylation sites (tertiary alicyclic amines) is 1. The van der Waals surface area contributed by atoms with Gasteiger partial charge in [0.1, 0.15) is 0 Å². The number of rotatable bonds is 5. The average molecular weight is 485 g/mol. The van der Waals surface area contributed by atoms with Crippen molar-refractivity contribution in [3.63, 3.8) is 0 Å². The first-order chi connectivity index (χ1) is 15.8. The fourth-order valence-corrected chi connectivity index (χ4v) is 4.54. The Balaban J connectivity index is 1.53. The summed E-state index contributed by atoms with van der Waals surface area (Å²) in [5.41, 5.74) is 5.31. The molecule has 0 saturated carbocycles. The van der Waals surface area contributed by atoms with E-state index < -0.39 is 0 Å². The normalized spacial score (nSPS) is 13.4. The second-order valence-electron chi connectivity index (χ2n) is 8.36. The summed E-state index contributed by atoms with van der Waals surface area (Å²) in [5.74, 6) is -0.139. The van der Waals surface area contributed by atoms with Crippen LogP contribution in [0.3, 0.4) is 0 Å². The Morgan fingerprint density at radius 2 is 1.76 bits per heavy atom. The SMILES string of the molecule is Cc1nn(-c2ccc(Cl)c(Cl)c2)c(C)c1CC(=O)Nc1cccc(C(=O)N2CCCC2)c1C. The van der Waals surface area contributed by atoms with E-state index in [4.69, 9.17) is 23.2 Å². The van der Waals surface area contributed by atoms with Gasteiger partial charge in [-0.3, -0.25) is 9.59 Å². The zero-order valence-corrected chi connectivity index (χ0v) is 20.4. The second kappa shape index (κ2) is 9.57. The predicted octanol–water partition coefficient (Wildman–Crippen LogP) is 5.52. The summed E-state index contributed by atoms with van der Waals surface area (Å²) >= 11 is 12.2. The molecule has 6 nitrogen and oxygen atoms in total. The molecule has 1 aliphatic heterocycles. The van der Waals surface area contributed by atoms with E-state index in [1.165, 1.54) is 0 Å².